The summed E-state index contributed by atoms with van der Waals surface area (Å²) in [5.41, 5.74) is 2.83. The minimum absolute atomic E-state index is 0.00655. The first-order valence-corrected chi connectivity index (χ1v) is 11.6. The molecule has 1 N–H and O–H groups in total. The fourth-order valence-electron chi connectivity index (χ4n) is 4.02. The summed E-state index contributed by atoms with van der Waals surface area (Å²) in [6.45, 7) is 1.98. The molecule has 0 spiro atoms. The molecule has 1 aliphatic heterocycles. The normalized spacial score (nSPS) is 17.5. The average Bonchev–Trinajstić information content (AvgIpc) is 3.37. The summed E-state index contributed by atoms with van der Waals surface area (Å²) in [5.74, 6) is -1.18. The second-order valence-corrected chi connectivity index (χ2v) is 9.36. The number of thiazole rings is 1. The van der Waals surface area contributed by atoms with Crippen LogP contribution >= 0.6 is 22.9 Å². The number of aryl methyl sites for hydroxylation is 1. The first-order chi connectivity index (χ1) is 16.4. The molecule has 1 amide bonds. The minimum Gasteiger partial charge on any atom is -0.507 e. The average molecular weight is 491 g/mol. The molecule has 2 heterocycles. The van der Waals surface area contributed by atoms with Crippen LogP contribution in [0.25, 0.3) is 16.0 Å². The van der Waals surface area contributed by atoms with Crippen molar-refractivity contribution < 1.29 is 19.4 Å². The number of fused-ring (bicyclic) bond motifs is 1. The number of methoxy groups -OCH3 is 1. The number of rotatable bonds is 4. The third-order valence-corrected chi connectivity index (χ3v) is 7.00. The van der Waals surface area contributed by atoms with Gasteiger partial charge in [-0.2, -0.15) is 0 Å². The van der Waals surface area contributed by atoms with Gasteiger partial charge in [0, 0.05) is 10.6 Å². The second kappa shape index (κ2) is 8.59. The summed E-state index contributed by atoms with van der Waals surface area (Å²) in [6, 6.07) is 18.4. The Labute approximate surface area is 204 Å². The number of carbonyl (C=O) groups excluding carboxylic acids is 2. The zero-order chi connectivity index (χ0) is 24.0. The van der Waals surface area contributed by atoms with E-state index in [1.54, 1.807) is 55.6 Å². The molecule has 0 aliphatic carbocycles. The lowest BCUT2D eigenvalue weighted by atomic mass is 9.95. The summed E-state index contributed by atoms with van der Waals surface area (Å²) in [4.78, 5) is 32.6. The molecule has 1 aromatic heterocycles. The molecule has 3 aromatic carbocycles. The van der Waals surface area contributed by atoms with Crippen molar-refractivity contribution in [2.24, 2.45) is 0 Å². The van der Waals surface area contributed by atoms with Crippen molar-refractivity contribution in [2.75, 3.05) is 12.0 Å². The first-order valence-electron chi connectivity index (χ1n) is 10.5. The number of aliphatic hydroxyl groups is 1. The lowest BCUT2D eigenvalue weighted by Crippen LogP contribution is -2.29. The Bertz CT molecular complexity index is 1460. The van der Waals surface area contributed by atoms with Crippen LogP contribution in [0.5, 0.6) is 5.75 Å². The number of nitrogens with zero attached hydrogens (tertiary/aromatic N) is 2. The van der Waals surface area contributed by atoms with Gasteiger partial charge in [0.05, 0.1) is 28.9 Å². The molecule has 170 valence electrons. The second-order valence-electron chi connectivity index (χ2n) is 7.92. The lowest BCUT2D eigenvalue weighted by Gasteiger charge is -2.23. The van der Waals surface area contributed by atoms with Crippen LogP contribution in [0.2, 0.25) is 5.02 Å². The SMILES string of the molecule is COc1ccc(C(O)=C2C(=O)C(=O)N(c3nc4ccc(C)cc4s3)C2c2ccc(Cl)cc2)cc1. The highest BCUT2D eigenvalue weighted by molar-refractivity contribution is 7.22. The molecule has 4 aromatic rings. The van der Waals surface area contributed by atoms with Gasteiger partial charge in [-0.05, 0) is 66.6 Å². The third kappa shape index (κ3) is 3.73. The molecule has 0 saturated carbocycles. The quantitative estimate of drug-likeness (QED) is 0.219. The van der Waals surface area contributed by atoms with Crippen LogP contribution in [0.1, 0.15) is 22.7 Å². The molecule has 1 aliphatic rings. The molecule has 6 nitrogen and oxygen atoms in total. The molecular weight excluding hydrogens is 472 g/mol. The fraction of sp³-hybridized carbons (Fsp3) is 0.115. The van der Waals surface area contributed by atoms with Crippen LogP contribution < -0.4 is 9.64 Å². The van der Waals surface area contributed by atoms with E-state index in [1.807, 2.05) is 25.1 Å². The van der Waals surface area contributed by atoms with Crippen molar-refractivity contribution in [3.05, 3.63) is 94.0 Å². The maximum absolute atomic E-state index is 13.3. The van der Waals surface area contributed by atoms with E-state index in [-0.39, 0.29) is 11.3 Å². The Morgan fingerprint density at radius 2 is 1.76 bits per heavy atom. The van der Waals surface area contributed by atoms with Gasteiger partial charge in [0.1, 0.15) is 11.5 Å². The highest BCUT2D eigenvalue weighted by Gasteiger charge is 2.48. The number of hydrogen-bond donors (Lipinski definition) is 1. The van der Waals surface area contributed by atoms with Gasteiger partial charge in [0.15, 0.2) is 5.13 Å². The van der Waals surface area contributed by atoms with E-state index < -0.39 is 17.7 Å². The highest BCUT2D eigenvalue weighted by atomic mass is 35.5. The monoisotopic (exact) mass is 490 g/mol. The van der Waals surface area contributed by atoms with Crippen LogP contribution in [-0.4, -0.2) is 28.9 Å². The molecule has 1 atom stereocenters. The van der Waals surface area contributed by atoms with Gasteiger partial charge in [0.25, 0.3) is 5.78 Å². The number of carbonyl (C=O) groups is 2. The van der Waals surface area contributed by atoms with E-state index in [2.05, 4.69) is 4.98 Å². The zero-order valence-corrected chi connectivity index (χ0v) is 19.9. The Morgan fingerprint density at radius 3 is 2.44 bits per heavy atom. The van der Waals surface area contributed by atoms with E-state index in [4.69, 9.17) is 16.3 Å². The van der Waals surface area contributed by atoms with Gasteiger partial charge in [0.2, 0.25) is 0 Å². The molecule has 0 radical (unpaired) electrons. The number of Topliss-reactive ketones (excluding diaryl/α,β-unsaturated/α-hetero) is 1. The number of anilines is 1. The highest BCUT2D eigenvalue weighted by Crippen LogP contribution is 2.44. The number of halogens is 1. The number of aliphatic hydroxyl groups excluding tert-OH is 1. The van der Waals surface area contributed by atoms with Gasteiger partial charge < -0.3 is 9.84 Å². The van der Waals surface area contributed by atoms with Crippen molar-refractivity contribution >= 4 is 55.7 Å². The van der Waals surface area contributed by atoms with Gasteiger partial charge in [-0.1, -0.05) is 41.1 Å². The van der Waals surface area contributed by atoms with Crippen LogP contribution in [0.3, 0.4) is 0 Å². The fourth-order valence-corrected chi connectivity index (χ4v) is 5.23. The maximum atomic E-state index is 13.3. The summed E-state index contributed by atoms with van der Waals surface area (Å²) < 4.78 is 6.08. The van der Waals surface area contributed by atoms with E-state index in [9.17, 15) is 14.7 Å². The van der Waals surface area contributed by atoms with Crippen LogP contribution in [-0.2, 0) is 9.59 Å². The molecule has 34 heavy (non-hydrogen) atoms. The Balaban J connectivity index is 1.71. The van der Waals surface area contributed by atoms with Gasteiger partial charge in [-0.25, -0.2) is 4.98 Å². The molecule has 1 fully saturated rings. The van der Waals surface area contributed by atoms with Gasteiger partial charge in [-0.15, -0.1) is 0 Å². The third-order valence-electron chi connectivity index (χ3n) is 5.73. The Morgan fingerprint density at radius 1 is 1.06 bits per heavy atom. The topological polar surface area (TPSA) is 79.7 Å². The number of ether oxygens (including phenoxy) is 1. The van der Waals surface area contributed by atoms with Crippen LogP contribution in [0.4, 0.5) is 5.13 Å². The number of hydrogen-bond acceptors (Lipinski definition) is 6. The van der Waals surface area contributed by atoms with Crippen LogP contribution in [0.15, 0.2) is 72.3 Å². The maximum Gasteiger partial charge on any atom is 0.301 e. The first kappa shape index (κ1) is 22.1. The lowest BCUT2D eigenvalue weighted by molar-refractivity contribution is -0.132. The van der Waals surface area contributed by atoms with Crippen molar-refractivity contribution in [1.82, 2.24) is 4.98 Å². The Hall–Kier alpha value is -3.68. The summed E-state index contributed by atoms with van der Waals surface area (Å²) in [5, 5.41) is 12.1. The van der Waals surface area contributed by atoms with Crippen molar-refractivity contribution in [2.45, 2.75) is 13.0 Å². The molecular formula is C26H19ClN2O4S. The predicted octanol–water partition coefficient (Wildman–Crippen LogP) is 5.89. The van der Waals surface area contributed by atoms with E-state index in [0.29, 0.717) is 27.0 Å². The molecule has 1 unspecified atom stereocenters. The molecule has 5 rings (SSSR count). The van der Waals surface area contributed by atoms with Gasteiger partial charge >= 0.3 is 5.91 Å². The number of aromatic nitrogens is 1. The summed E-state index contributed by atoms with van der Waals surface area (Å²) in [6.07, 6.45) is 0. The molecule has 0 bridgehead atoms. The van der Waals surface area contributed by atoms with Crippen molar-refractivity contribution in [3.8, 4) is 5.75 Å². The number of benzene rings is 3. The van der Waals surface area contributed by atoms with E-state index in [0.717, 1.165) is 15.8 Å². The summed E-state index contributed by atoms with van der Waals surface area (Å²) >= 11 is 7.42. The number of amides is 1. The van der Waals surface area contributed by atoms with E-state index >= 15 is 0 Å². The Kier molecular flexibility index (Phi) is 5.59. The van der Waals surface area contributed by atoms with Crippen LogP contribution in [0, 0.1) is 6.92 Å². The van der Waals surface area contributed by atoms with E-state index in [1.165, 1.54) is 16.2 Å². The largest absolute Gasteiger partial charge is 0.507 e. The number of ketones is 1. The predicted molar refractivity (Wildman–Crippen MR) is 134 cm³/mol. The standard InChI is InChI=1S/C26H19ClN2O4S/c1-14-3-12-19-20(13-14)34-26(28-19)29-22(15-4-8-17(27)9-5-15)21(24(31)25(29)32)23(30)16-6-10-18(33-2)11-7-16/h3-13,22,30H,1-2H3. The van der Waals surface area contributed by atoms with Crippen molar-refractivity contribution in [1.29, 1.82) is 0 Å². The smallest absolute Gasteiger partial charge is 0.301 e. The molecule has 8 heteroatoms. The van der Waals surface area contributed by atoms with Gasteiger partial charge in [-0.3, -0.25) is 14.5 Å². The minimum atomic E-state index is -0.860. The molecule has 1 saturated heterocycles. The zero-order valence-electron chi connectivity index (χ0n) is 18.3. The summed E-state index contributed by atoms with van der Waals surface area (Å²) in [7, 11) is 1.54. The van der Waals surface area contributed by atoms with Crippen molar-refractivity contribution in [3.63, 3.8) is 0 Å².